The minimum atomic E-state index is 0.220. The molecule has 0 amide bonds. The first kappa shape index (κ1) is 15.6. The molecule has 1 saturated carbocycles. The van der Waals surface area contributed by atoms with Gasteiger partial charge in [0.1, 0.15) is 5.78 Å². The van der Waals surface area contributed by atoms with E-state index in [0.29, 0.717) is 11.2 Å². The number of likely N-dealkylation sites (N-methyl/N-ethyl adjacent to an activating group) is 1. The van der Waals surface area contributed by atoms with Gasteiger partial charge in [-0.05, 0) is 39.2 Å². The predicted molar refractivity (Wildman–Crippen MR) is 74.7 cm³/mol. The number of Topliss-reactive ketones (excluding diaryl/α,β-unsaturated/α-hetero) is 1. The quantitative estimate of drug-likeness (QED) is 0.731. The van der Waals surface area contributed by atoms with Gasteiger partial charge in [-0.15, -0.1) is 0 Å². The van der Waals surface area contributed by atoms with Crippen molar-refractivity contribution in [1.82, 2.24) is 4.90 Å². The summed E-state index contributed by atoms with van der Waals surface area (Å²) in [5.74, 6) is 0.670. The molecule has 3 nitrogen and oxygen atoms in total. The van der Waals surface area contributed by atoms with E-state index in [1.165, 1.54) is 0 Å². The summed E-state index contributed by atoms with van der Waals surface area (Å²) >= 11 is 0. The van der Waals surface area contributed by atoms with E-state index in [-0.39, 0.29) is 12.0 Å². The number of nitrogens with zero attached hydrogens (tertiary/aromatic N) is 1. The second kappa shape index (κ2) is 6.67. The van der Waals surface area contributed by atoms with Crippen LogP contribution in [0.2, 0.25) is 0 Å². The van der Waals surface area contributed by atoms with Gasteiger partial charge in [0, 0.05) is 25.4 Å². The highest BCUT2D eigenvalue weighted by atomic mass is 16.5. The topological polar surface area (TPSA) is 29.5 Å². The van der Waals surface area contributed by atoms with Gasteiger partial charge < -0.3 is 9.64 Å². The van der Waals surface area contributed by atoms with Crippen molar-refractivity contribution in [3.63, 3.8) is 0 Å². The van der Waals surface area contributed by atoms with Crippen LogP contribution in [0.3, 0.4) is 0 Å². The van der Waals surface area contributed by atoms with Crippen molar-refractivity contribution in [2.24, 2.45) is 11.3 Å². The number of carbonyl (C=O) groups is 1. The second-order valence-electron chi connectivity index (χ2n) is 6.71. The molecule has 1 atom stereocenters. The zero-order valence-electron chi connectivity index (χ0n) is 12.7. The molecule has 0 aromatic rings. The molecule has 0 bridgehead atoms. The molecule has 1 rings (SSSR count). The lowest BCUT2D eigenvalue weighted by molar-refractivity contribution is -0.127. The van der Waals surface area contributed by atoms with Gasteiger partial charge in [-0.25, -0.2) is 0 Å². The minimum Gasteiger partial charge on any atom is -0.377 e. The molecule has 0 aromatic carbocycles. The standard InChI is InChI=1S/C15H29NO2/c1-12(2)18-9-8-16(5)11-13-10-15(3,4)7-6-14(13)17/h12-13H,6-11H2,1-5H3. The van der Waals surface area contributed by atoms with Gasteiger partial charge in [0.25, 0.3) is 0 Å². The Morgan fingerprint density at radius 2 is 2.11 bits per heavy atom. The van der Waals surface area contributed by atoms with Crippen LogP contribution in [0.5, 0.6) is 0 Å². The summed E-state index contributed by atoms with van der Waals surface area (Å²) in [5.41, 5.74) is 0.327. The zero-order valence-corrected chi connectivity index (χ0v) is 12.7. The van der Waals surface area contributed by atoms with E-state index in [1.54, 1.807) is 0 Å². The molecule has 0 radical (unpaired) electrons. The maximum Gasteiger partial charge on any atom is 0.137 e. The predicted octanol–water partition coefficient (Wildman–Crippen LogP) is 2.74. The Morgan fingerprint density at radius 3 is 2.72 bits per heavy atom. The molecule has 1 unspecified atom stereocenters. The van der Waals surface area contributed by atoms with Gasteiger partial charge in [-0.3, -0.25) is 4.79 Å². The summed E-state index contributed by atoms with van der Waals surface area (Å²) in [5, 5.41) is 0. The van der Waals surface area contributed by atoms with Crippen molar-refractivity contribution < 1.29 is 9.53 Å². The fourth-order valence-electron chi connectivity index (χ4n) is 2.63. The Morgan fingerprint density at radius 1 is 1.44 bits per heavy atom. The Labute approximate surface area is 112 Å². The van der Waals surface area contributed by atoms with Crippen LogP contribution in [-0.4, -0.2) is 43.5 Å². The fourth-order valence-corrected chi connectivity index (χ4v) is 2.63. The molecular weight excluding hydrogens is 226 g/mol. The highest BCUT2D eigenvalue weighted by Gasteiger charge is 2.33. The van der Waals surface area contributed by atoms with Gasteiger partial charge in [0.2, 0.25) is 0 Å². The summed E-state index contributed by atoms with van der Waals surface area (Å²) in [6, 6.07) is 0. The number of ketones is 1. The Kier molecular flexibility index (Phi) is 5.80. The van der Waals surface area contributed by atoms with Gasteiger partial charge in [-0.2, -0.15) is 0 Å². The first-order valence-corrected chi connectivity index (χ1v) is 7.13. The number of rotatable bonds is 6. The lowest BCUT2D eigenvalue weighted by Gasteiger charge is -2.36. The van der Waals surface area contributed by atoms with E-state index in [9.17, 15) is 4.79 Å². The molecule has 0 N–H and O–H groups in total. The van der Waals surface area contributed by atoms with Crippen molar-refractivity contribution in [3.8, 4) is 0 Å². The molecule has 3 heteroatoms. The Bertz CT molecular complexity index is 274. The van der Waals surface area contributed by atoms with E-state index < -0.39 is 0 Å². The van der Waals surface area contributed by atoms with E-state index in [0.717, 1.165) is 39.0 Å². The van der Waals surface area contributed by atoms with Crippen LogP contribution < -0.4 is 0 Å². The van der Waals surface area contributed by atoms with Crippen LogP contribution in [0.1, 0.15) is 47.0 Å². The van der Waals surface area contributed by atoms with Crippen LogP contribution in [0.15, 0.2) is 0 Å². The van der Waals surface area contributed by atoms with Crippen LogP contribution >= 0.6 is 0 Å². The largest absolute Gasteiger partial charge is 0.377 e. The number of hydrogen-bond acceptors (Lipinski definition) is 3. The first-order valence-electron chi connectivity index (χ1n) is 7.13. The minimum absolute atomic E-state index is 0.220. The molecular formula is C15H29NO2. The molecule has 0 spiro atoms. The van der Waals surface area contributed by atoms with Crippen LogP contribution in [0.4, 0.5) is 0 Å². The van der Waals surface area contributed by atoms with Crippen molar-refractivity contribution in [1.29, 1.82) is 0 Å². The van der Waals surface area contributed by atoms with E-state index >= 15 is 0 Å². The molecule has 1 aliphatic rings. The number of carbonyl (C=O) groups excluding carboxylic acids is 1. The highest BCUT2D eigenvalue weighted by Crippen LogP contribution is 2.36. The number of ether oxygens (including phenoxy) is 1. The molecule has 1 aliphatic carbocycles. The Balaban J connectivity index is 2.33. The lowest BCUT2D eigenvalue weighted by Crippen LogP contribution is -2.38. The van der Waals surface area contributed by atoms with Gasteiger partial charge in [0.15, 0.2) is 0 Å². The monoisotopic (exact) mass is 255 g/mol. The lowest BCUT2D eigenvalue weighted by atomic mass is 9.71. The van der Waals surface area contributed by atoms with Crippen LogP contribution in [0, 0.1) is 11.3 Å². The maximum atomic E-state index is 11.9. The van der Waals surface area contributed by atoms with Crippen molar-refractivity contribution >= 4 is 5.78 Å². The maximum absolute atomic E-state index is 11.9. The SMILES string of the molecule is CC(C)OCCN(C)CC1CC(C)(C)CCC1=O. The second-order valence-corrected chi connectivity index (χ2v) is 6.71. The summed E-state index contributed by atoms with van der Waals surface area (Å²) in [6.45, 7) is 11.2. The molecule has 1 fully saturated rings. The molecule has 106 valence electrons. The third-order valence-corrected chi connectivity index (χ3v) is 3.76. The van der Waals surface area contributed by atoms with Crippen LogP contribution in [-0.2, 0) is 9.53 Å². The third-order valence-electron chi connectivity index (χ3n) is 3.76. The normalized spacial score (nSPS) is 23.9. The zero-order chi connectivity index (χ0) is 13.8. The van der Waals surface area contributed by atoms with Crippen molar-refractivity contribution in [2.75, 3.05) is 26.7 Å². The average Bonchev–Trinajstić information content (AvgIpc) is 2.22. The Hall–Kier alpha value is -0.410. The van der Waals surface area contributed by atoms with Crippen molar-refractivity contribution in [2.45, 2.75) is 53.1 Å². The summed E-state index contributed by atoms with van der Waals surface area (Å²) < 4.78 is 5.54. The van der Waals surface area contributed by atoms with Gasteiger partial charge >= 0.3 is 0 Å². The highest BCUT2D eigenvalue weighted by molar-refractivity contribution is 5.82. The molecule has 0 aromatic heterocycles. The smallest absolute Gasteiger partial charge is 0.137 e. The van der Waals surface area contributed by atoms with Crippen molar-refractivity contribution in [3.05, 3.63) is 0 Å². The average molecular weight is 255 g/mol. The third kappa shape index (κ3) is 5.49. The fraction of sp³-hybridized carbons (Fsp3) is 0.933. The molecule has 0 saturated heterocycles. The molecule has 0 aliphatic heterocycles. The van der Waals surface area contributed by atoms with Gasteiger partial charge in [0.05, 0.1) is 12.7 Å². The summed E-state index contributed by atoms with van der Waals surface area (Å²) in [4.78, 5) is 14.2. The van der Waals surface area contributed by atoms with Crippen LogP contribution in [0.25, 0.3) is 0 Å². The number of hydrogen-bond donors (Lipinski definition) is 0. The van der Waals surface area contributed by atoms with E-state index in [4.69, 9.17) is 4.74 Å². The first-order chi connectivity index (χ1) is 8.30. The van der Waals surface area contributed by atoms with Gasteiger partial charge in [-0.1, -0.05) is 13.8 Å². The van der Waals surface area contributed by atoms with E-state index in [1.807, 2.05) is 13.8 Å². The molecule has 18 heavy (non-hydrogen) atoms. The summed E-state index contributed by atoms with van der Waals surface area (Å²) in [7, 11) is 2.08. The molecule has 0 heterocycles. The van der Waals surface area contributed by atoms with E-state index in [2.05, 4.69) is 25.8 Å². The summed E-state index contributed by atoms with van der Waals surface area (Å²) in [6.07, 6.45) is 3.12.